The fraction of sp³-hybridized carbons (Fsp3) is 0.125. The lowest BCUT2D eigenvalue weighted by Gasteiger charge is -2.10. The van der Waals surface area contributed by atoms with E-state index in [0.717, 1.165) is 0 Å². The average Bonchev–Trinajstić information content (AvgIpc) is 2.59. The van der Waals surface area contributed by atoms with E-state index in [-0.39, 0.29) is 0 Å². The van der Waals surface area contributed by atoms with Crippen molar-refractivity contribution in [2.75, 3.05) is 14.2 Å². The summed E-state index contributed by atoms with van der Waals surface area (Å²) in [6.07, 6.45) is 0. The van der Waals surface area contributed by atoms with Gasteiger partial charge in [0.05, 0.1) is 25.3 Å². The first-order valence-corrected chi connectivity index (χ1v) is 9.47. The summed E-state index contributed by atoms with van der Waals surface area (Å²) in [4.78, 5) is 24.5. The zero-order chi connectivity index (χ0) is 17.7. The summed E-state index contributed by atoms with van der Waals surface area (Å²) < 4.78 is 10.2. The zero-order valence-electron chi connectivity index (χ0n) is 12.7. The molecule has 0 fully saturated rings. The van der Waals surface area contributed by atoms with Crippen molar-refractivity contribution in [2.24, 2.45) is 0 Å². The van der Waals surface area contributed by atoms with Crippen molar-refractivity contribution in [2.45, 2.75) is 9.79 Å². The fourth-order valence-electron chi connectivity index (χ4n) is 1.81. The van der Waals surface area contributed by atoms with E-state index in [1.54, 1.807) is 36.4 Å². The van der Waals surface area contributed by atoms with Gasteiger partial charge in [-0.15, -0.1) is 0 Å². The molecule has 126 valence electrons. The topological polar surface area (TPSA) is 52.6 Å². The molecule has 0 spiro atoms. The molecule has 24 heavy (non-hydrogen) atoms. The highest BCUT2D eigenvalue weighted by Crippen LogP contribution is 2.42. The molecular weight excluding hydrogens is 391 g/mol. The molecule has 0 aliphatic heterocycles. The number of methoxy groups -OCH3 is 2. The summed E-state index contributed by atoms with van der Waals surface area (Å²) in [5.74, 6) is 1.07. The van der Waals surface area contributed by atoms with Crippen LogP contribution in [0.3, 0.4) is 0 Å². The van der Waals surface area contributed by atoms with Crippen LogP contribution >= 0.6 is 44.8 Å². The van der Waals surface area contributed by atoms with Crippen LogP contribution in [0.15, 0.2) is 46.2 Å². The minimum Gasteiger partial charge on any atom is -0.497 e. The van der Waals surface area contributed by atoms with Crippen molar-refractivity contribution in [3.05, 3.63) is 47.5 Å². The van der Waals surface area contributed by atoms with Gasteiger partial charge in [0.15, 0.2) is 0 Å². The Balaban J connectivity index is 2.28. The Morgan fingerprint density at radius 2 is 1.17 bits per heavy atom. The van der Waals surface area contributed by atoms with Gasteiger partial charge >= 0.3 is 0 Å². The molecular formula is C16H12Cl2O4S2. The Morgan fingerprint density at radius 3 is 1.46 bits per heavy atom. The molecule has 2 aromatic carbocycles. The Hall–Kier alpha value is -1.34. The van der Waals surface area contributed by atoms with Crippen molar-refractivity contribution < 1.29 is 19.1 Å². The van der Waals surface area contributed by atoms with Gasteiger partial charge in [0.25, 0.3) is 10.5 Å². The van der Waals surface area contributed by atoms with E-state index in [1.165, 1.54) is 35.8 Å². The molecule has 0 heterocycles. The van der Waals surface area contributed by atoms with E-state index in [9.17, 15) is 9.59 Å². The number of carbonyl (C=O) groups is 2. The van der Waals surface area contributed by atoms with Crippen molar-refractivity contribution in [3.8, 4) is 11.5 Å². The van der Waals surface area contributed by atoms with Crippen LogP contribution < -0.4 is 9.47 Å². The Labute approximate surface area is 157 Å². The van der Waals surface area contributed by atoms with Gasteiger partial charge in [-0.25, -0.2) is 0 Å². The highest BCUT2D eigenvalue weighted by atomic mass is 35.5. The Bertz CT molecular complexity index is 715. The van der Waals surface area contributed by atoms with E-state index < -0.39 is 10.5 Å². The monoisotopic (exact) mass is 402 g/mol. The van der Waals surface area contributed by atoms with Crippen molar-refractivity contribution in [1.29, 1.82) is 0 Å². The minimum atomic E-state index is -0.583. The van der Waals surface area contributed by atoms with Gasteiger partial charge in [0.1, 0.15) is 11.5 Å². The highest BCUT2D eigenvalue weighted by molar-refractivity contribution is 8.76. The molecule has 0 amide bonds. The summed E-state index contributed by atoms with van der Waals surface area (Å²) in [6.45, 7) is 0. The number of rotatable bonds is 7. The molecule has 0 radical (unpaired) electrons. The van der Waals surface area contributed by atoms with Crippen LogP contribution in [0.1, 0.15) is 20.7 Å². The summed E-state index contributed by atoms with van der Waals surface area (Å²) in [6, 6.07) is 10.1. The first-order valence-electron chi connectivity index (χ1n) is 6.56. The first kappa shape index (κ1) is 19.0. The third kappa shape index (κ3) is 4.60. The van der Waals surface area contributed by atoms with Crippen LogP contribution in [0.25, 0.3) is 0 Å². The molecule has 0 aliphatic rings. The third-order valence-electron chi connectivity index (χ3n) is 3.02. The maximum atomic E-state index is 11.6. The molecule has 0 bridgehead atoms. The van der Waals surface area contributed by atoms with Gasteiger partial charge in [-0.2, -0.15) is 0 Å². The molecule has 0 saturated heterocycles. The molecule has 8 heteroatoms. The number of hydrogen-bond acceptors (Lipinski definition) is 6. The van der Waals surface area contributed by atoms with E-state index in [2.05, 4.69) is 0 Å². The predicted molar refractivity (Wildman–Crippen MR) is 98.1 cm³/mol. The van der Waals surface area contributed by atoms with E-state index >= 15 is 0 Å². The standard InChI is InChI=1S/C16H12Cl2O4S2/c1-21-9-3-5-13(11(7-9)15(17)19)23-24-14-6-4-10(22-2)8-12(14)16(18)20/h3-8H,1-2H3. The Kier molecular flexibility index (Phi) is 6.86. The lowest BCUT2D eigenvalue weighted by molar-refractivity contribution is 0.107. The van der Waals surface area contributed by atoms with Gasteiger partial charge in [0, 0.05) is 9.79 Å². The van der Waals surface area contributed by atoms with E-state index in [4.69, 9.17) is 32.7 Å². The van der Waals surface area contributed by atoms with Crippen LogP contribution in [0, 0.1) is 0 Å². The number of carbonyl (C=O) groups excluding carboxylic acids is 2. The third-order valence-corrected chi connectivity index (χ3v) is 5.91. The van der Waals surface area contributed by atoms with E-state index in [1.807, 2.05) is 0 Å². The summed E-state index contributed by atoms with van der Waals surface area (Å²) in [5, 5.41) is -1.17. The van der Waals surface area contributed by atoms with Crippen LogP contribution in [0.5, 0.6) is 11.5 Å². The second kappa shape index (κ2) is 8.67. The smallest absolute Gasteiger partial charge is 0.253 e. The number of ether oxygens (including phenoxy) is 2. The first-order chi connectivity index (χ1) is 11.5. The summed E-state index contributed by atoms with van der Waals surface area (Å²) >= 11 is 11.3. The van der Waals surface area contributed by atoms with Gasteiger partial charge in [0.2, 0.25) is 0 Å². The maximum Gasteiger partial charge on any atom is 0.253 e. The van der Waals surface area contributed by atoms with Crippen LogP contribution in [0.2, 0.25) is 0 Å². The number of benzene rings is 2. The van der Waals surface area contributed by atoms with E-state index in [0.29, 0.717) is 32.4 Å². The van der Waals surface area contributed by atoms with Crippen LogP contribution in [0.4, 0.5) is 0 Å². The number of hydrogen-bond donors (Lipinski definition) is 0. The molecule has 0 N–H and O–H groups in total. The molecule has 2 aromatic rings. The zero-order valence-corrected chi connectivity index (χ0v) is 15.8. The lowest BCUT2D eigenvalue weighted by Crippen LogP contribution is -1.95. The molecule has 0 aliphatic carbocycles. The lowest BCUT2D eigenvalue weighted by atomic mass is 10.2. The Morgan fingerprint density at radius 1 is 0.792 bits per heavy atom. The fourth-order valence-corrected chi connectivity index (χ4v) is 4.56. The van der Waals surface area contributed by atoms with Gasteiger partial charge < -0.3 is 9.47 Å². The van der Waals surface area contributed by atoms with Crippen molar-refractivity contribution >= 4 is 55.3 Å². The second-order valence-electron chi connectivity index (χ2n) is 4.44. The molecule has 2 rings (SSSR count). The predicted octanol–water partition coefficient (Wildman–Crippen LogP) is 5.26. The molecule has 0 unspecified atom stereocenters. The quantitative estimate of drug-likeness (QED) is 0.464. The van der Waals surface area contributed by atoms with Gasteiger partial charge in [-0.05, 0) is 59.6 Å². The van der Waals surface area contributed by atoms with Crippen molar-refractivity contribution in [3.63, 3.8) is 0 Å². The van der Waals surface area contributed by atoms with Crippen molar-refractivity contribution in [1.82, 2.24) is 0 Å². The summed E-state index contributed by atoms with van der Waals surface area (Å²) in [5.41, 5.74) is 0.668. The number of halogens is 2. The summed E-state index contributed by atoms with van der Waals surface area (Å²) in [7, 11) is 5.61. The van der Waals surface area contributed by atoms with Crippen LogP contribution in [-0.4, -0.2) is 24.7 Å². The minimum absolute atomic E-state index is 0.334. The molecule has 0 atom stereocenters. The van der Waals surface area contributed by atoms with Gasteiger partial charge in [-0.1, -0.05) is 21.6 Å². The maximum absolute atomic E-state index is 11.6. The van der Waals surface area contributed by atoms with Crippen LogP contribution in [-0.2, 0) is 0 Å². The normalized spacial score (nSPS) is 10.3. The second-order valence-corrected chi connectivity index (χ2v) is 7.34. The van der Waals surface area contributed by atoms with Gasteiger partial charge in [-0.3, -0.25) is 9.59 Å². The SMILES string of the molecule is COc1ccc(SSc2ccc(OC)cc2C(=O)Cl)c(C(=O)Cl)c1. The highest BCUT2D eigenvalue weighted by Gasteiger charge is 2.15. The molecule has 0 saturated carbocycles. The molecule has 4 nitrogen and oxygen atoms in total. The molecule has 0 aromatic heterocycles. The largest absolute Gasteiger partial charge is 0.497 e. The average molecular weight is 403 g/mol.